The molecule has 0 atom stereocenters. The van der Waals surface area contributed by atoms with Crippen LogP contribution in [0.15, 0.2) is 18.2 Å². The third kappa shape index (κ3) is 5.80. The molecule has 33 heavy (non-hydrogen) atoms. The number of Topliss-reactive ketones (excluding diaryl/α,β-unsaturated/α-hetero) is 1. The molecule has 8 heteroatoms. The lowest BCUT2D eigenvalue weighted by Crippen LogP contribution is -2.28. The SMILES string of the molecule is CCOC(=O)CCCCCNc1cc(-n2nc(C)c3c2CC(C)(C)CC3=O)ccc1C(N)=O. The van der Waals surface area contributed by atoms with Crippen molar-refractivity contribution in [1.82, 2.24) is 9.78 Å². The van der Waals surface area contributed by atoms with Gasteiger partial charge in [0.05, 0.1) is 34.8 Å². The van der Waals surface area contributed by atoms with Gasteiger partial charge in [-0.2, -0.15) is 5.10 Å². The molecule has 0 radical (unpaired) electrons. The van der Waals surface area contributed by atoms with Gasteiger partial charge in [-0.05, 0) is 56.7 Å². The quantitative estimate of drug-likeness (QED) is 0.414. The average molecular weight is 455 g/mol. The molecule has 1 aromatic carbocycles. The third-order valence-electron chi connectivity index (χ3n) is 5.91. The van der Waals surface area contributed by atoms with E-state index in [1.807, 2.05) is 23.7 Å². The molecule has 1 amide bonds. The Hall–Kier alpha value is -3.16. The molecule has 0 spiro atoms. The number of hydrogen-bond donors (Lipinski definition) is 2. The number of rotatable bonds is 10. The van der Waals surface area contributed by atoms with Gasteiger partial charge in [0.15, 0.2) is 5.78 Å². The third-order valence-corrected chi connectivity index (χ3v) is 5.91. The van der Waals surface area contributed by atoms with Gasteiger partial charge in [-0.3, -0.25) is 14.4 Å². The summed E-state index contributed by atoms with van der Waals surface area (Å²) in [4.78, 5) is 36.1. The first-order chi connectivity index (χ1) is 15.6. The summed E-state index contributed by atoms with van der Waals surface area (Å²) >= 11 is 0. The Bertz CT molecular complexity index is 1050. The molecule has 0 unspecified atom stereocenters. The van der Waals surface area contributed by atoms with Gasteiger partial charge in [0.1, 0.15) is 0 Å². The van der Waals surface area contributed by atoms with Crippen LogP contribution >= 0.6 is 0 Å². The number of anilines is 1. The molecule has 178 valence electrons. The van der Waals surface area contributed by atoms with Crippen LogP contribution in [0.1, 0.15) is 85.0 Å². The number of aromatic nitrogens is 2. The summed E-state index contributed by atoms with van der Waals surface area (Å²) in [7, 11) is 0. The lowest BCUT2D eigenvalue weighted by molar-refractivity contribution is -0.143. The van der Waals surface area contributed by atoms with Crippen LogP contribution in [0.5, 0.6) is 0 Å². The van der Waals surface area contributed by atoms with Crippen LogP contribution in [0.25, 0.3) is 5.69 Å². The number of nitrogens with two attached hydrogens (primary N) is 1. The van der Waals surface area contributed by atoms with Crippen molar-refractivity contribution in [3.63, 3.8) is 0 Å². The van der Waals surface area contributed by atoms with Gasteiger partial charge in [-0.1, -0.05) is 20.3 Å². The summed E-state index contributed by atoms with van der Waals surface area (Å²) in [5.41, 5.74) is 9.61. The van der Waals surface area contributed by atoms with E-state index in [1.54, 1.807) is 13.0 Å². The maximum Gasteiger partial charge on any atom is 0.305 e. The Labute approximate surface area is 194 Å². The fraction of sp³-hybridized carbons (Fsp3) is 0.520. The van der Waals surface area contributed by atoms with Crippen molar-refractivity contribution in [1.29, 1.82) is 0 Å². The molecule has 1 aromatic heterocycles. The first-order valence-electron chi connectivity index (χ1n) is 11.6. The van der Waals surface area contributed by atoms with E-state index in [9.17, 15) is 14.4 Å². The molecular weight excluding hydrogens is 420 g/mol. The number of carbonyl (C=O) groups is 3. The summed E-state index contributed by atoms with van der Waals surface area (Å²) < 4.78 is 6.76. The van der Waals surface area contributed by atoms with Crippen LogP contribution < -0.4 is 11.1 Å². The Morgan fingerprint density at radius 3 is 2.67 bits per heavy atom. The number of nitrogens with one attached hydrogen (secondary N) is 1. The van der Waals surface area contributed by atoms with Gasteiger partial charge in [-0.15, -0.1) is 0 Å². The summed E-state index contributed by atoms with van der Waals surface area (Å²) in [6.07, 6.45) is 4.12. The van der Waals surface area contributed by atoms with Gasteiger partial charge in [0.2, 0.25) is 0 Å². The first kappa shape index (κ1) is 24.5. The second-order valence-corrected chi connectivity index (χ2v) is 9.40. The molecule has 8 nitrogen and oxygen atoms in total. The van der Waals surface area contributed by atoms with E-state index in [4.69, 9.17) is 10.5 Å². The van der Waals surface area contributed by atoms with Crippen LogP contribution in [0.4, 0.5) is 5.69 Å². The number of carbonyl (C=O) groups excluding carboxylic acids is 3. The predicted octanol–water partition coefficient (Wildman–Crippen LogP) is 3.97. The number of aryl methyl sites for hydroxylation is 1. The van der Waals surface area contributed by atoms with Crippen LogP contribution in [0.2, 0.25) is 0 Å². The predicted molar refractivity (Wildman–Crippen MR) is 127 cm³/mol. The Morgan fingerprint density at radius 1 is 1.21 bits per heavy atom. The van der Waals surface area contributed by atoms with Gasteiger partial charge >= 0.3 is 5.97 Å². The van der Waals surface area contributed by atoms with Gasteiger partial charge in [0, 0.05) is 25.1 Å². The molecule has 1 aliphatic carbocycles. The molecule has 1 aliphatic rings. The standard InChI is InChI=1S/C25H34N4O4/c1-5-33-22(31)9-7-6-8-12-27-19-13-17(10-11-18(19)24(26)32)29-20-14-25(3,4)15-21(30)23(20)16(2)28-29/h10-11,13,27H,5-9,12,14-15H2,1-4H3,(H2,26,32). The average Bonchev–Trinajstić information content (AvgIpc) is 3.05. The summed E-state index contributed by atoms with van der Waals surface area (Å²) in [5, 5.41) is 7.96. The van der Waals surface area contributed by atoms with Crippen molar-refractivity contribution in [3.8, 4) is 5.69 Å². The lowest BCUT2D eigenvalue weighted by Gasteiger charge is -2.29. The molecule has 3 rings (SSSR count). The van der Waals surface area contributed by atoms with Crippen molar-refractivity contribution in [3.05, 3.63) is 40.7 Å². The van der Waals surface area contributed by atoms with Crippen molar-refractivity contribution in [2.75, 3.05) is 18.5 Å². The largest absolute Gasteiger partial charge is 0.466 e. The van der Waals surface area contributed by atoms with Crippen molar-refractivity contribution < 1.29 is 19.1 Å². The Morgan fingerprint density at radius 2 is 1.97 bits per heavy atom. The minimum Gasteiger partial charge on any atom is -0.466 e. The van der Waals surface area contributed by atoms with E-state index in [2.05, 4.69) is 24.3 Å². The maximum atomic E-state index is 12.7. The zero-order valence-corrected chi connectivity index (χ0v) is 20.0. The summed E-state index contributed by atoms with van der Waals surface area (Å²) in [6, 6.07) is 5.36. The van der Waals surface area contributed by atoms with Gasteiger partial charge < -0.3 is 15.8 Å². The minimum absolute atomic E-state index is 0.125. The number of benzene rings is 1. The summed E-state index contributed by atoms with van der Waals surface area (Å²) in [5.74, 6) is -0.560. The Balaban J connectivity index is 1.77. The van der Waals surface area contributed by atoms with Gasteiger partial charge in [0.25, 0.3) is 5.91 Å². The number of unbranched alkanes of at least 4 members (excludes halogenated alkanes) is 2. The van der Waals surface area contributed by atoms with Crippen LogP contribution in [-0.4, -0.2) is 40.6 Å². The summed E-state index contributed by atoms with van der Waals surface area (Å²) in [6.45, 7) is 8.87. The minimum atomic E-state index is -0.513. The highest BCUT2D eigenvalue weighted by molar-refractivity contribution is 6.00. The molecule has 0 aliphatic heterocycles. The maximum absolute atomic E-state index is 12.7. The number of ketones is 1. The zero-order chi connectivity index (χ0) is 24.2. The van der Waals surface area contributed by atoms with E-state index in [-0.39, 0.29) is 17.2 Å². The number of nitrogens with zero attached hydrogens (tertiary/aromatic N) is 2. The monoisotopic (exact) mass is 454 g/mol. The van der Waals surface area contributed by atoms with Crippen LogP contribution in [0, 0.1) is 12.3 Å². The van der Waals surface area contributed by atoms with Crippen LogP contribution in [0.3, 0.4) is 0 Å². The zero-order valence-electron chi connectivity index (χ0n) is 20.0. The second-order valence-electron chi connectivity index (χ2n) is 9.40. The smallest absolute Gasteiger partial charge is 0.305 e. The molecule has 3 N–H and O–H groups in total. The van der Waals surface area contributed by atoms with E-state index in [0.717, 1.165) is 42.8 Å². The molecule has 0 bridgehead atoms. The second kappa shape index (κ2) is 10.2. The first-order valence-corrected chi connectivity index (χ1v) is 11.6. The molecule has 1 heterocycles. The number of fused-ring (bicyclic) bond motifs is 1. The van der Waals surface area contributed by atoms with Gasteiger partial charge in [-0.25, -0.2) is 4.68 Å². The highest BCUT2D eigenvalue weighted by Crippen LogP contribution is 2.37. The highest BCUT2D eigenvalue weighted by atomic mass is 16.5. The number of hydrogen-bond acceptors (Lipinski definition) is 6. The molecule has 0 fully saturated rings. The molecule has 0 saturated heterocycles. The van der Waals surface area contributed by atoms with E-state index < -0.39 is 5.91 Å². The fourth-order valence-corrected chi connectivity index (χ4v) is 4.41. The van der Waals surface area contributed by atoms with Crippen molar-refractivity contribution >= 4 is 23.3 Å². The fourth-order valence-electron chi connectivity index (χ4n) is 4.41. The normalized spacial score (nSPS) is 14.6. The Kier molecular flexibility index (Phi) is 7.56. The number of primary amides is 1. The van der Waals surface area contributed by atoms with Crippen molar-refractivity contribution in [2.24, 2.45) is 11.1 Å². The lowest BCUT2D eigenvalue weighted by atomic mass is 9.75. The van der Waals surface area contributed by atoms with E-state index in [1.165, 1.54) is 0 Å². The van der Waals surface area contributed by atoms with Crippen molar-refractivity contribution in [2.45, 2.75) is 66.2 Å². The molecule has 0 saturated carbocycles. The van der Waals surface area contributed by atoms with E-state index in [0.29, 0.717) is 42.8 Å². The number of amides is 1. The number of esters is 1. The van der Waals surface area contributed by atoms with Crippen LogP contribution in [-0.2, 0) is 16.0 Å². The highest BCUT2D eigenvalue weighted by Gasteiger charge is 2.35. The number of ether oxygens (including phenoxy) is 1. The molecular formula is C25H34N4O4. The van der Waals surface area contributed by atoms with E-state index >= 15 is 0 Å². The molecule has 2 aromatic rings. The topological polar surface area (TPSA) is 116 Å².